The molecule has 0 aromatic heterocycles. The highest BCUT2D eigenvalue weighted by Crippen LogP contribution is 2.19. The first-order valence-electron chi connectivity index (χ1n) is 5.71. The van der Waals surface area contributed by atoms with Gasteiger partial charge in [-0.25, -0.2) is 5.48 Å². The van der Waals surface area contributed by atoms with Gasteiger partial charge in [0.25, 0.3) is 0 Å². The van der Waals surface area contributed by atoms with Crippen molar-refractivity contribution in [3.63, 3.8) is 0 Å². The SMILES string of the molecule is CC(C)(N)CCC(=O)NOC1CCCC1. The lowest BCUT2D eigenvalue weighted by Gasteiger charge is -2.18. The van der Waals surface area contributed by atoms with Crippen LogP contribution in [0.4, 0.5) is 0 Å². The Labute approximate surface area is 91.5 Å². The number of hydroxylamine groups is 1. The van der Waals surface area contributed by atoms with E-state index in [2.05, 4.69) is 5.48 Å². The van der Waals surface area contributed by atoms with Crippen LogP contribution in [0.1, 0.15) is 52.4 Å². The van der Waals surface area contributed by atoms with Crippen LogP contribution in [0.5, 0.6) is 0 Å². The van der Waals surface area contributed by atoms with E-state index < -0.39 is 0 Å². The Balaban J connectivity index is 2.08. The number of hydrogen-bond donors (Lipinski definition) is 2. The molecule has 0 bridgehead atoms. The molecule has 0 atom stereocenters. The van der Waals surface area contributed by atoms with E-state index in [1.807, 2.05) is 13.8 Å². The van der Waals surface area contributed by atoms with Crippen LogP contribution in [-0.2, 0) is 9.63 Å². The average Bonchev–Trinajstić information content (AvgIpc) is 2.62. The Morgan fingerprint density at radius 1 is 1.47 bits per heavy atom. The summed E-state index contributed by atoms with van der Waals surface area (Å²) in [7, 11) is 0. The molecule has 1 fully saturated rings. The molecule has 0 spiro atoms. The van der Waals surface area contributed by atoms with E-state index in [0.29, 0.717) is 12.8 Å². The van der Waals surface area contributed by atoms with Gasteiger partial charge >= 0.3 is 0 Å². The molecular weight excluding hydrogens is 192 g/mol. The van der Waals surface area contributed by atoms with Crippen molar-refractivity contribution in [3.05, 3.63) is 0 Å². The van der Waals surface area contributed by atoms with Gasteiger partial charge in [-0.1, -0.05) is 12.8 Å². The van der Waals surface area contributed by atoms with Crippen molar-refractivity contribution in [1.29, 1.82) is 0 Å². The molecule has 0 aromatic carbocycles. The summed E-state index contributed by atoms with van der Waals surface area (Å²) in [5.41, 5.74) is 8.00. The standard InChI is InChI=1S/C11H22N2O2/c1-11(2,12)8-7-10(14)13-15-9-5-3-4-6-9/h9H,3-8,12H2,1-2H3,(H,13,14). The molecule has 1 aliphatic rings. The van der Waals surface area contributed by atoms with Crippen molar-refractivity contribution in [2.45, 2.75) is 64.0 Å². The number of hydrogen-bond acceptors (Lipinski definition) is 3. The Bertz CT molecular complexity index is 205. The van der Waals surface area contributed by atoms with Crippen LogP contribution in [0, 0.1) is 0 Å². The maximum absolute atomic E-state index is 11.4. The third-order valence-corrected chi connectivity index (χ3v) is 2.64. The lowest BCUT2D eigenvalue weighted by atomic mass is 10.0. The van der Waals surface area contributed by atoms with Gasteiger partial charge in [-0.05, 0) is 33.1 Å². The van der Waals surface area contributed by atoms with Crippen LogP contribution in [0.2, 0.25) is 0 Å². The predicted octanol–water partition coefficient (Wildman–Crippen LogP) is 1.49. The first kappa shape index (κ1) is 12.5. The third-order valence-electron chi connectivity index (χ3n) is 2.64. The first-order valence-corrected chi connectivity index (χ1v) is 5.71. The van der Waals surface area contributed by atoms with Gasteiger partial charge in [0.15, 0.2) is 0 Å². The quantitative estimate of drug-likeness (QED) is 0.681. The largest absolute Gasteiger partial charge is 0.326 e. The summed E-state index contributed by atoms with van der Waals surface area (Å²) in [4.78, 5) is 16.6. The Morgan fingerprint density at radius 2 is 2.07 bits per heavy atom. The van der Waals surface area contributed by atoms with Crippen molar-refractivity contribution in [2.24, 2.45) is 5.73 Å². The lowest BCUT2D eigenvalue weighted by Crippen LogP contribution is -2.35. The molecule has 1 amide bonds. The Kier molecular flexibility index (Phi) is 4.54. The smallest absolute Gasteiger partial charge is 0.243 e. The molecule has 0 heterocycles. The van der Waals surface area contributed by atoms with E-state index in [9.17, 15) is 4.79 Å². The highest BCUT2D eigenvalue weighted by Gasteiger charge is 2.18. The maximum atomic E-state index is 11.4. The van der Waals surface area contributed by atoms with Crippen LogP contribution in [0.3, 0.4) is 0 Å². The van der Waals surface area contributed by atoms with Crippen LogP contribution >= 0.6 is 0 Å². The average molecular weight is 214 g/mol. The number of carbonyl (C=O) groups excluding carboxylic acids is 1. The van der Waals surface area contributed by atoms with E-state index in [1.54, 1.807) is 0 Å². The zero-order chi connectivity index (χ0) is 11.3. The second-order valence-corrected chi connectivity index (χ2v) is 5.04. The van der Waals surface area contributed by atoms with Gasteiger partial charge in [-0.3, -0.25) is 9.63 Å². The van der Waals surface area contributed by atoms with Crippen LogP contribution in [-0.4, -0.2) is 17.6 Å². The second-order valence-electron chi connectivity index (χ2n) is 5.04. The molecular formula is C11H22N2O2. The summed E-state index contributed by atoms with van der Waals surface area (Å²) in [5, 5.41) is 0. The molecule has 3 N–H and O–H groups in total. The summed E-state index contributed by atoms with van der Waals surface area (Å²) in [5.74, 6) is -0.0691. The summed E-state index contributed by atoms with van der Waals surface area (Å²) in [6.45, 7) is 3.83. The summed E-state index contributed by atoms with van der Waals surface area (Å²) < 4.78 is 0. The fraction of sp³-hybridized carbons (Fsp3) is 0.909. The minimum atomic E-state index is -0.287. The van der Waals surface area contributed by atoms with Crippen molar-refractivity contribution in [1.82, 2.24) is 5.48 Å². The normalized spacial score (nSPS) is 18.1. The van der Waals surface area contributed by atoms with Crippen LogP contribution in [0.25, 0.3) is 0 Å². The van der Waals surface area contributed by atoms with Gasteiger partial charge in [0.2, 0.25) is 5.91 Å². The maximum Gasteiger partial charge on any atom is 0.243 e. The highest BCUT2D eigenvalue weighted by atomic mass is 16.7. The van der Waals surface area contributed by atoms with Crippen molar-refractivity contribution in [2.75, 3.05) is 0 Å². The van der Waals surface area contributed by atoms with Gasteiger partial charge in [-0.15, -0.1) is 0 Å². The van der Waals surface area contributed by atoms with Crippen molar-refractivity contribution in [3.8, 4) is 0 Å². The Hall–Kier alpha value is -0.610. The minimum Gasteiger partial charge on any atom is -0.326 e. The lowest BCUT2D eigenvalue weighted by molar-refractivity contribution is -0.138. The van der Waals surface area contributed by atoms with Crippen LogP contribution < -0.4 is 11.2 Å². The zero-order valence-electron chi connectivity index (χ0n) is 9.71. The first-order chi connectivity index (χ1) is 6.97. The minimum absolute atomic E-state index is 0.0691. The molecule has 0 saturated heterocycles. The third kappa shape index (κ3) is 5.74. The van der Waals surface area contributed by atoms with Gasteiger partial charge in [0, 0.05) is 12.0 Å². The van der Waals surface area contributed by atoms with Crippen LogP contribution in [0.15, 0.2) is 0 Å². The topological polar surface area (TPSA) is 64.4 Å². The molecule has 88 valence electrons. The monoisotopic (exact) mass is 214 g/mol. The molecule has 15 heavy (non-hydrogen) atoms. The van der Waals surface area contributed by atoms with Gasteiger partial charge < -0.3 is 5.73 Å². The summed E-state index contributed by atoms with van der Waals surface area (Å²) in [6, 6.07) is 0. The molecule has 0 aromatic rings. The molecule has 0 radical (unpaired) electrons. The fourth-order valence-electron chi connectivity index (χ4n) is 1.64. The molecule has 1 saturated carbocycles. The number of amides is 1. The van der Waals surface area contributed by atoms with E-state index in [4.69, 9.17) is 10.6 Å². The summed E-state index contributed by atoms with van der Waals surface area (Å²) in [6.07, 6.45) is 5.85. The van der Waals surface area contributed by atoms with Crippen molar-refractivity contribution >= 4 is 5.91 Å². The zero-order valence-corrected chi connectivity index (χ0v) is 9.71. The predicted molar refractivity (Wildman–Crippen MR) is 59.0 cm³/mol. The molecule has 0 aliphatic heterocycles. The van der Waals surface area contributed by atoms with Crippen molar-refractivity contribution < 1.29 is 9.63 Å². The molecule has 4 heteroatoms. The van der Waals surface area contributed by atoms with Gasteiger partial charge in [0.05, 0.1) is 6.10 Å². The van der Waals surface area contributed by atoms with Gasteiger partial charge in [0.1, 0.15) is 0 Å². The van der Waals surface area contributed by atoms with E-state index in [-0.39, 0.29) is 17.6 Å². The highest BCUT2D eigenvalue weighted by molar-refractivity contribution is 5.74. The Morgan fingerprint density at radius 3 is 2.60 bits per heavy atom. The second kappa shape index (κ2) is 5.47. The molecule has 1 aliphatic carbocycles. The molecule has 4 nitrogen and oxygen atoms in total. The van der Waals surface area contributed by atoms with E-state index in [0.717, 1.165) is 12.8 Å². The summed E-state index contributed by atoms with van der Waals surface area (Å²) >= 11 is 0. The van der Waals surface area contributed by atoms with E-state index in [1.165, 1.54) is 12.8 Å². The fourth-order valence-corrected chi connectivity index (χ4v) is 1.64. The van der Waals surface area contributed by atoms with Gasteiger partial charge in [-0.2, -0.15) is 0 Å². The number of nitrogens with two attached hydrogens (primary N) is 1. The number of rotatable bonds is 5. The molecule has 1 rings (SSSR count). The van der Waals surface area contributed by atoms with E-state index >= 15 is 0 Å². The molecule has 0 unspecified atom stereocenters. The number of nitrogens with one attached hydrogen (secondary N) is 1. The number of carbonyl (C=O) groups is 1.